The van der Waals surface area contributed by atoms with Crippen LogP contribution in [0.15, 0.2) is 52.3 Å². The SMILES string of the molecule is Cc1ccc2c(c1)C(=O)OS21c2ccccc2C(=O)N1C. The van der Waals surface area contributed by atoms with Crippen LogP contribution in [0.2, 0.25) is 0 Å². The topological polar surface area (TPSA) is 46.6 Å². The lowest BCUT2D eigenvalue weighted by atomic mass is 10.1. The molecular formula is C16H13NO3S. The highest BCUT2D eigenvalue weighted by molar-refractivity contribution is 8.29. The summed E-state index contributed by atoms with van der Waals surface area (Å²) in [4.78, 5) is 26.4. The van der Waals surface area contributed by atoms with E-state index in [4.69, 9.17) is 4.18 Å². The van der Waals surface area contributed by atoms with Crippen LogP contribution in [0.1, 0.15) is 26.3 Å². The van der Waals surface area contributed by atoms with Crippen molar-refractivity contribution in [3.05, 3.63) is 59.2 Å². The molecule has 0 saturated carbocycles. The number of hydrogen-bond acceptors (Lipinski definition) is 3. The zero-order valence-corrected chi connectivity index (χ0v) is 12.4. The second-order valence-corrected chi connectivity index (χ2v) is 7.84. The first-order chi connectivity index (χ1) is 10.1. The first-order valence-electron chi connectivity index (χ1n) is 6.61. The molecule has 2 aromatic carbocycles. The second kappa shape index (κ2) is 3.89. The maximum atomic E-state index is 12.5. The molecule has 4 nitrogen and oxygen atoms in total. The van der Waals surface area contributed by atoms with Crippen LogP contribution in [0.4, 0.5) is 0 Å². The summed E-state index contributed by atoms with van der Waals surface area (Å²) in [5, 5.41) is 0. The third kappa shape index (κ3) is 1.36. The molecular weight excluding hydrogens is 286 g/mol. The number of carbonyl (C=O) groups excluding carboxylic acids is 2. The van der Waals surface area contributed by atoms with E-state index >= 15 is 0 Å². The van der Waals surface area contributed by atoms with E-state index in [0.29, 0.717) is 11.1 Å². The van der Waals surface area contributed by atoms with Gasteiger partial charge in [0, 0.05) is 17.5 Å². The molecule has 1 atom stereocenters. The third-order valence-electron chi connectivity index (χ3n) is 3.94. The first kappa shape index (κ1) is 12.5. The Morgan fingerprint density at radius 3 is 2.52 bits per heavy atom. The first-order valence-corrected chi connectivity index (χ1v) is 8.12. The van der Waals surface area contributed by atoms with E-state index in [1.165, 1.54) is 0 Å². The Hall–Kier alpha value is -2.27. The third-order valence-corrected chi connectivity index (χ3v) is 7.17. The van der Waals surface area contributed by atoms with E-state index < -0.39 is 10.5 Å². The molecule has 2 aromatic rings. The molecule has 0 fully saturated rings. The zero-order chi connectivity index (χ0) is 14.8. The molecule has 0 saturated heterocycles. The number of carbonyl (C=O) groups is 2. The van der Waals surface area contributed by atoms with E-state index in [0.717, 1.165) is 15.4 Å². The van der Waals surface area contributed by atoms with Gasteiger partial charge in [-0.3, -0.25) is 9.10 Å². The minimum atomic E-state index is -2.20. The molecule has 2 aliphatic heterocycles. The van der Waals surface area contributed by atoms with Gasteiger partial charge in [-0.25, -0.2) is 4.79 Å². The highest BCUT2D eigenvalue weighted by Gasteiger charge is 2.53. The normalized spacial score (nSPS) is 25.5. The van der Waals surface area contributed by atoms with Gasteiger partial charge in [0.05, 0.1) is 20.9 Å². The van der Waals surface area contributed by atoms with Gasteiger partial charge < -0.3 is 4.18 Å². The average Bonchev–Trinajstić information content (AvgIpc) is 2.89. The van der Waals surface area contributed by atoms with Gasteiger partial charge in [0.25, 0.3) is 5.91 Å². The number of nitrogens with zero attached hydrogens (tertiary/aromatic N) is 1. The molecule has 1 amide bonds. The highest BCUT2D eigenvalue weighted by Crippen LogP contribution is 2.73. The zero-order valence-electron chi connectivity index (χ0n) is 11.6. The van der Waals surface area contributed by atoms with Crippen molar-refractivity contribution < 1.29 is 13.8 Å². The monoisotopic (exact) mass is 299 g/mol. The Kier molecular flexibility index (Phi) is 2.31. The summed E-state index contributed by atoms with van der Waals surface area (Å²) in [5.74, 6) is -0.443. The molecule has 0 bridgehead atoms. The van der Waals surface area contributed by atoms with Crippen molar-refractivity contribution in [1.29, 1.82) is 0 Å². The van der Waals surface area contributed by atoms with Crippen LogP contribution in [0.3, 0.4) is 0 Å². The average molecular weight is 299 g/mol. The summed E-state index contributed by atoms with van der Waals surface area (Å²) in [6, 6.07) is 13.1. The van der Waals surface area contributed by atoms with E-state index in [9.17, 15) is 9.59 Å². The Bertz CT molecular complexity index is 817. The van der Waals surface area contributed by atoms with Crippen molar-refractivity contribution in [2.45, 2.75) is 16.7 Å². The Balaban J connectivity index is 2.07. The molecule has 21 heavy (non-hydrogen) atoms. The maximum Gasteiger partial charge on any atom is 0.352 e. The number of hydrogen-bond donors (Lipinski definition) is 0. The van der Waals surface area contributed by atoms with Crippen molar-refractivity contribution >= 4 is 22.4 Å². The minimum absolute atomic E-state index is 0.0955. The van der Waals surface area contributed by atoms with Gasteiger partial charge in [0.1, 0.15) is 0 Å². The standard InChI is InChI=1S/C16H13NO3S/c1-10-7-8-14-12(9-10)16(19)20-21(14)13-6-4-3-5-11(13)15(18)17(21)2/h3-9H,1-2H3. The van der Waals surface area contributed by atoms with Crippen LogP contribution in [0, 0.1) is 6.92 Å². The van der Waals surface area contributed by atoms with E-state index in [2.05, 4.69) is 0 Å². The predicted molar refractivity (Wildman–Crippen MR) is 79.3 cm³/mol. The summed E-state index contributed by atoms with van der Waals surface area (Å²) in [6.45, 7) is 1.94. The van der Waals surface area contributed by atoms with Gasteiger partial charge in [0.15, 0.2) is 0 Å². The predicted octanol–water partition coefficient (Wildman–Crippen LogP) is 3.30. The van der Waals surface area contributed by atoms with E-state index in [1.54, 1.807) is 17.4 Å². The van der Waals surface area contributed by atoms with Crippen LogP contribution >= 0.6 is 10.5 Å². The van der Waals surface area contributed by atoms with Gasteiger partial charge in [-0.05, 0) is 31.2 Å². The minimum Gasteiger partial charge on any atom is -0.383 e. The smallest absolute Gasteiger partial charge is 0.352 e. The summed E-state index contributed by atoms with van der Waals surface area (Å²) < 4.78 is 7.39. The molecule has 2 heterocycles. The second-order valence-electron chi connectivity index (χ2n) is 5.20. The summed E-state index contributed by atoms with van der Waals surface area (Å²) >= 11 is 0. The maximum absolute atomic E-state index is 12.5. The Labute approximate surface area is 124 Å². The van der Waals surface area contributed by atoms with Crippen LogP contribution in [-0.2, 0) is 4.18 Å². The van der Waals surface area contributed by atoms with Crippen LogP contribution in [-0.4, -0.2) is 23.2 Å². The van der Waals surface area contributed by atoms with Gasteiger partial charge in [-0.15, -0.1) is 0 Å². The summed E-state index contributed by atoms with van der Waals surface area (Å²) in [7, 11) is -0.496. The fraction of sp³-hybridized carbons (Fsp3) is 0.125. The molecule has 0 aromatic heterocycles. The van der Waals surface area contributed by atoms with Crippen LogP contribution in [0.5, 0.6) is 0 Å². The fourth-order valence-corrected chi connectivity index (χ4v) is 6.10. The molecule has 2 aliphatic rings. The summed E-state index contributed by atoms with van der Waals surface area (Å²) in [5.41, 5.74) is 2.19. The van der Waals surface area contributed by atoms with Gasteiger partial charge in [-0.1, -0.05) is 23.8 Å². The Morgan fingerprint density at radius 2 is 1.71 bits per heavy atom. The highest BCUT2D eigenvalue weighted by atomic mass is 32.3. The van der Waals surface area contributed by atoms with Crippen LogP contribution < -0.4 is 0 Å². The van der Waals surface area contributed by atoms with E-state index in [-0.39, 0.29) is 11.9 Å². The molecule has 1 spiro atoms. The van der Waals surface area contributed by atoms with E-state index in [1.807, 2.05) is 43.3 Å². The van der Waals surface area contributed by atoms with Crippen molar-refractivity contribution in [3.63, 3.8) is 0 Å². The molecule has 0 aliphatic carbocycles. The lowest BCUT2D eigenvalue weighted by Gasteiger charge is -2.36. The molecule has 0 N–H and O–H groups in total. The van der Waals surface area contributed by atoms with Crippen molar-refractivity contribution in [3.8, 4) is 0 Å². The van der Waals surface area contributed by atoms with Crippen molar-refractivity contribution in [1.82, 2.24) is 4.31 Å². The van der Waals surface area contributed by atoms with Gasteiger partial charge in [0.2, 0.25) is 0 Å². The van der Waals surface area contributed by atoms with Gasteiger partial charge >= 0.3 is 5.97 Å². The molecule has 5 heteroatoms. The molecule has 1 unspecified atom stereocenters. The fourth-order valence-electron chi connectivity index (χ4n) is 2.93. The van der Waals surface area contributed by atoms with Crippen molar-refractivity contribution in [2.24, 2.45) is 0 Å². The largest absolute Gasteiger partial charge is 0.383 e. The lowest BCUT2D eigenvalue weighted by molar-refractivity contribution is 0.0760. The molecule has 106 valence electrons. The molecule has 4 rings (SSSR count). The van der Waals surface area contributed by atoms with Gasteiger partial charge in [-0.2, -0.15) is 0 Å². The quantitative estimate of drug-likeness (QED) is 0.750. The van der Waals surface area contributed by atoms with Crippen molar-refractivity contribution in [2.75, 3.05) is 7.05 Å². The Morgan fingerprint density at radius 1 is 1.00 bits per heavy atom. The van der Waals surface area contributed by atoms with Crippen LogP contribution in [0.25, 0.3) is 0 Å². The number of benzene rings is 2. The summed E-state index contributed by atoms with van der Waals surface area (Å²) in [6.07, 6.45) is 0. The number of rotatable bonds is 0. The lowest BCUT2D eigenvalue weighted by Crippen LogP contribution is -2.23. The molecule has 0 radical (unpaired) electrons. The number of aryl methyl sites for hydroxylation is 1. The number of amides is 1. The number of fused-ring (bicyclic) bond motifs is 4.